The number of rotatable bonds is 6. The van der Waals surface area contributed by atoms with E-state index in [1.807, 2.05) is 36.1 Å². The van der Waals surface area contributed by atoms with E-state index in [1.54, 1.807) is 0 Å². The molecule has 94 valence electrons. The zero-order valence-electron chi connectivity index (χ0n) is 9.90. The van der Waals surface area contributed by atoms with Crippen LogP contribution >= 0.6 is 15.9 Å². The van der Waals surface area contributed by atoms with Gasteiger partial charge in [-0.25, -0.2) is 0 Å². The lowest BCUT2D eigenvalue weighted by Gasteiger charge is -2.29. The van der Waals surface area contributed by atoms with Gasteiger partial charge in [-0.05, 0) is 24.2 Å². The zero-order valence-corrected chi connectivity index (χ0v) is 11.5. The van der Waals surface area contributed by atoms with E-state index < -0.39 is 0 Å². The summed E-state index contributed by atoms with van der Waals surface area (Å²) >= 11 is 3.43. The van der Waals surface area contributed by atoms with E-state index in [0.29, 0.717) is 6.54 Å². The topological polar surface area (TPSA) is 72.3 Å². The molecule has 0 saturated heterocycles. The monoisotopic (exact) mass is 299 g/mol. The second-order valence-electron chi connectivity index (χ2n) is 3.84. The molecule has 0 aliphatic rings. The van der Waals surface area contributed by atoms with E-state index in [9.17, 15) is 4.79 Å². The molecule has 0 bridgehead atoms. The first-order valence-corrected chi connectivity index (χ1v) is 6.35. The van der Waals surface area contributed by atoms with Gasteiger partial charge in [-0.2, -0.15) is 0 Å². The largest absolute Gasteiger partial charge is 0.369 e. The summed E-state index contributed by atoms with van der Waals surface area (Å²) in [4.78, 5) is 13.0. The molecule has 0 heterocycles. The Morgan fingerprint density at radius 3 is 2.71 bits per heavy atom. The molecule has 0 aromatic heterocycles. The average molecular weight is 300 g/mol. The molecule has 0 aliphatic carbocycles. The van der Waals surface area contributed by atoms with Crippen molar-refractivity contribution in [3.8, 4) is 0 Å². The highest BCUT2D eigenvalue weighted by Gasteiger charge is 2.19. The Morgan fingerprint density at radius 2 is 2.24 bits per heavy atom. The number of likely N-dealkylation sites (N-methyl/N-ethyl adjacent to an activating group) is 1. The van der Waals surface area contributed by atoms with Crippen LogP contribution in [0.3, 0.4) is 0 Å². The van der Waals surface area contributed by atoms with Gasteiger partial charge in [-0.3, -0.25) is 9.69 Å². The number of nitrogens with zero attached hydrogens (tertiary/aromatic N) is 1. The van der Waals surface area contributed by atoms with Crippen LogP contribution in [0.15, 0.2) is 28.7 Å². The maximum Gasteiger partial charge on any atom is 0.231 e. The predicted octanol–water partition coefficient (Wildman–Crippen LogP) is 1.26. The Bertz CT molecular complexity index is 384. The Kier molecular flexibility index (Phi) is 5.61. The fourth-order valence-electron chi connectivity index (χ4n) is 1.85. The molecule has 1 rings (SSSR count). The van der Waals surface area contributed by atoms with Gasteiger partial charge in [0, 0.05) is 17.1 Å². The quantitative estimate of drug-likeness (QED) is 0.830. The van der Waals surface area contributed by atoms with Crippen LogP contribution < -0.4 is 11.5 Å². The summed E-state index contributed by atoms with van der Waals surface area (Å²) in [5.74, 6) is -0.333. The number of halogens is 1. The maximum absolute atomic E-state index is 11.0. The van der Waals surface area contributed by atoms with Gasteiger partial charge in [-0.1, -0.05) is 35.0 Å². The molecule has 0 aliphatic heterocycles. The van der Waals surface area contributed by atoms with Crippen molar-refractivity contribution in [1.82, 2.24) is 4.90 Å². The lowest BCUT2D eigenvalue weighted by molar-refractivity contribution is -0.119. The van der Waals surface area contributed by atoms with Gasteiger partial charge in [0.05, 0.1) is 6.54 Å². The minimum absolute atomic E-state index is 0.0185. The van der Waals surface area contributed by atoms with Crippen molar-refractivity contribution < 1.29 is 4.79 Å². The van der Waals surface area contributed by atoms with Crippen molar-refractivity contribution >= 4 is 21.8 Å². The number of benzene rings is 1. The number of nitrogens with two attached hydrogens (primary N) is 2. The molecule has 5 heteroatoms. The summed E-state index contributed by atoms with van der Waals surface area (Å²) in [6.45, 7) is 3.41. The van der Waals surface area contributed by atoms with Crippen LogP contribution in [-0.2, 0) is 4.79 Å². The Balaban J connectivity index is 2.92. The van der Waals surface area contributed by atoms with Crippen molar-refractivity contribution in [2.75, 3.05) is 19.6 Å². The van der Waals surface area contributed by atoms with Crippen molar-refractivity contribution in [3.63, 3.8) is 0 Å². The van der Waals surface area contributed by atoms with Crippen LogP contribution in [0, 0.1) is 0 Å². The molecule has 0 spiro atoms. The van der Waals surface area contributed by atoms with E-state index >= 15 is 0 Å². The molecule has 1 unspecified atom stereocenters. The third-order valence-electron chi connectivity index (χ3n) is 2.66. The summed E-state index contributed by atoms with van der Waals surface area (Å²) in [5, 5.41) is 0. The van der Waals surface area contributed by atoms with Crippen molar-refractivity contribution in [3.05, 3.63) is 34.3 Å². The fourth-order valence-corrected chi connectivity index (χ4v) is 2.27. The number of amides is 1. The Morgan fingerprint density at radius 1 is 1.53 bits per heavy atom. The minimum Gasteiger partial charge on any atom is -0.369 e. The first-order chi connectivity index (χ1) is 8.08. The van der Waals surface area contributed by atoms with E-state index in [4.69, 9.17) is 11.5 Å². The first-order valence-electron chi connectivity index (χ1n) is 5.56. The summed E-state index contributed by atoms with van der Waals surface area (Å²) < 4.78 is 1.00. The van der Waals surface area contributed by atoms with E-state index in [0.717, 1.165) is 16.6 Å². The highest BCUT2D eigenvalue weighted by Crippen LogP contribution is 2.22. The number of carbonyl (C=O) groups excluding carboxylic acids is 1. The van der Waals surface area contributed by atoms with Crippen LogP contribution in [0.5, 0.6) is 0 Å². The van der Waals surface area contributed by atoms with Gasteiger partial charge in [0.15, 0.2) is 0 Å². The Labute approximate surface area is 110 Å². The standard InChI is InChI=1S/C12H18BrN3O/c1-2-16(8-12(15)17)11(7-14)9-4-3-5-10(13)6-9/h3-6,11H,2,7-8,14H2,1H3,(H2,15,17). The number of primary amides is 1. The highest BCUT2D eigenvalue weighted by atomic mass is 79.9. The summed E-state index contributed by atoms with van der Waals surface area (Å²) in [6, 6.07) is 7.96. The molecule has 4 N–H and O–H groups in total. The summed E-state index contributed by atoms with van der Waals surface area (Å²) in [6.07, 6.45) is 0. The van der Waals surface area contributed by atoms with Crippen molar-refractivity contribution in [1.29, 1.82) is 0 Å². The smallest absolute Gasteiger partial charge is 0.231 e. The third kappa shape index (κ3) is 4.11. The molecule has 1 aromatic carbocycles. The van der Waals surface area contributed by atoms with E-state index in [-0.39, 0.29) is 18.5 Å². The second-order valence-corrected chi connectivity index (χ2v) is 4.75. The van der Waals surface area contributed by atoms with Gasteiger partial charge in [0.25, 0.3) is 0 Å². The normalized spacial score (nSPS) is 12.7. The molecule has 1 aromatic rings. The highest BCUT2D eigenvalue weighted by molar-refractivity contribution is 9.10. The van der Waals surface area contributed by atoms with Crippen molar-refractivity contribution in [2.24, 2.45) is 11.5 Å². The lowest BCUT2D eigenvalue weighted by atomic mass is 10.1. The summed E-state index contributed by atoms with van der Waals surface area (Å²) in [5.41, 5.74) is 12.1. The van der Waals surface area contributed by atoms with Crippen LogP contribution in [0.1, 0.15) is 18.5 Å². The molecule has 0 radical (unpaired) electrons. The zero-order chi connectivity index (χ0) is 12.8. The minimum atomic E-state index is -0.333. The molecule has 0 fully saturated rings. The van der Waals surface area contributed by atoms with Gasteiger partial charge in [-0.15, -0.1) is 0 Å². The predicted molar refractivity (Wildman–Crippen MR) is 72.4 cm³/mol. The van der Waals surface area contributed by atoms with Crippen LogP contribution in [-0.4, -0.2) is 30.4 Å². The average Bonchev–Trinajstić information content (AvgIpc) is 2.28. The van der Waals surface area contributed by atoms with Crippen LogP contribution in [0.25, 0.3) is 0 Å². The van der Waals surface area contributed by atoms with Gasteiger partial charge in [0.1, 0.15) is 0 Å². The van der Waals surface area contributed by atoms with Crippen molar-refractivity contribution in [2.45, 2.75) is 13.0 Å². The molecular weight excluding hydrogens is 282 g/mol. The maximum atomic E-state index is 11.0. The molecule has 4 nitrogen and oxygen atoms in total. The first kappa shape index (κ1) is 14.2. The lowest BCUT2D eigenvalue weighted by Crippen LogP contribution is -2.39. The molecular formula is C12H18BrN3O. The molecule has 0 saturated carbocycles. The molecule has 1 amide bonds. The second kappa shape index (κ2) is 6.74. The van der Waals surface area contributed by atoms with E-state index in [2.05, 4.69) is 15.9 Å². The SMILES string of the molecule is CCN(CC(N)=O)C(CN)c1cccc(Br)c1. The van der Waals surface area contributed by atoms with Gasteiger partial charge < -0.3 is 11.5 Å². The fraction of sp³-hybridized carbons (Fsp3) is 0.417. The molecule has 17 heavy (non-hydrogen) atoms. The van der Waals surface area contributed by atoms with E-state index in [1.165, 1.54) is 0 Å². The van der Waals surface area contributed by atoms with Gasteiger partial charge >= 0.3 is 0 Å². The molecule has 1 atom stereocenters. The Hall–Kier alpha value is -0.910. The number of carbonyl (C=O) groups is 1. The van der Waals surface area contributed by atoms with Gasteiger partial charge in [0.2, 0.25) is 5.91 Å². The number of hydrogen-bond acceptors (Lipinski definition) is 3. The summed E-state index contributed by atoms with van der Waals surface area (Å²) in [7, 11) is 0. The third-order valence-corrected chi connectivity index (χ3v) is 3.16. The van der Waals surface area contributed by atoms with Crippen LogP contribution in [0.2, 0.25) is 0 Å². The van der Waals surface area contributed by atoms with Crippen LogP contribution in [0.4, 0.5) is 0 Å². The number of hydrogen-bond donors (Lipinski definition) is 2.